The fourth-order valence-corrected chi connectivity index (χ4v) is 4.38. The van der Waals surface area contributed by atoms with Gasteiger partial charge in [-0.2, -0.15) is 0 Å². The molecule has 0 spiro atoms. The topological polar surface area (TPSA) is 60.9 Å². The van der Waals surface area contributed by atoms with E-state index in [9.17, 15) is 14.4 Å². The van der Waals surface area contributed by atoms with Gasteiger partial charge in [-0.25, -0.2) is 0 Å². The van der Waals surface area contributed by atoms with Crippen molar-refractivity contribution >= 4 is 29.0 Å². The summed E-state index contributed by atoms with van der Waals surface area (Å²) < 4.78 is 0. The first-order valence-corrected chi connectivity index (χ1v) is 11.0. The number of carbonyl (C=O) groups is 3. The number of carbonyl (C=O) groups excluding carboxylic acids is 3. The Balaban J connectivity index is 1.34. The van der Waals surface area contributed by atoms with Gasteiger partial charge in [0.2, 0.25) is 11.8 Å². The summed E-state index contributed by atoms with van der Waals surface area (Å²) in [5.41, 5.74) is 3.88. The Kier molecular flexibility index (Phi) is 6.07. The van der Waals surface area contributed by atoms with E-state index in [0.29, 0.717) is 25.2 Å². The molecule has 2 saturated heterocycles. The Labute approximate surface area is 183 Å². The number of amides is 2. The van der Waals surface area contributed by atoms with Gasteiger partial charge >= 0.3 is 0 Å². The van der Waals surface area contributed by atoms with Gasteiger partial charge in [-0.3, -0.25) is 14.4 Å². The van der Waals surface area contributed by atoms with E-state index in [1.807, 2.05) is 53.4 Å². The summed E-state index contributed by atoms with van der Waals surface area (Å²) >= 11 is 0. The highest BCUT2D eigenvalue weighted by Gasteiger charge is 2.37. The molecule has 1 atom stereocenters. The summed E-state index contributed by atoms with van der Waals surface area (Å²) in [5, 5.41) is 0. The molecule has 4 rings (SSSR count). The van der Waals surface area contributed by atoms with E-state index in [0.717, 1.165) is 30.9 Å². The number of Topliss-reactive ketones (excluding diaryl/α,β-unsaturated/α-hetero) is 1. The van der Waals surface area contributed by atoms with Crippen molar-refractivity contribution in [3.8, 4) is 0 Å². The molecule has 0 aromatic heterocycles. The quantitative estimate of drug-likeness (QED) is 0.699. The molecule has 1 unspecified atom stereocenters. The van der Waals surface area contributed by atoms with Crippen molar-refractivity contribution in [2.24, 2.45) is 5.92 Å². The smallest absolute Gasteiger partial charge is 0.228 e. The second-order valence-corrected chi connectivity index (χ2v) is 8.34. The molecule has 0 radical (unpaired) electrons. The maximum atomic E-state index is 13.1. The first kappa shape index (κ1) is 21.1. The highest BCUT2D eigenvalue weighted by molar-refractivity contribution is 6.00. The van der Waals surface area contributed by atoms with Crippen molar-refractivity contribution in [3.63, 3.8) is 0 Å². The monoisotopic (exact) mass is 419 g/mol. The molecule has 0 bridgehead atoms. The second-order valence-electron chi connectivity index (χ2n) is 8.34. The number of benzene rings is 2. The molecule has 31 heavy (non-hydrogen) atoms. The van der Waals surface area contributed by atoms with Crippen LogP contribution >= 0.6 is 0 Å². The lowest BCUT2D eigenvalue weighted by atomic mass is 10.1. The van der Waals surface area contributed by atoms with Gasteiger partial charge in [0.15, 0.2) is 5.78 Å². The molecule has 2 aliphatic rings. The van der Waals surface area contributed by atoms with Gasteiger partial charge in [0.1, 0.15) is 0 Å². The van der Waals surface area contributed by atoms with Crippen molar-refractivity contribution in [1.29, 1.82) is 0 Å². The van der Waals surface area contributed by atoms with E-state index in [1.165, 1.54) is 5.56 Å². The molecule has 2 aliphatic heterocycles. The van der Waals surface area contributed by atoms with Crippen molar-refractivity contribution in [3.05, 3.63) is 59.7 Å². The molecule has 2 aromatic carbocycles. The van der Waals surface area contributed by atoms with Gasteiger partial charge in [0.25, 0.3) is 0 Å². The van der Waals surface area contributed by atoms with E-state index in [1.54, 1.807) is 11.8 Å². The first-order valence-electron chi connectivity index (χ1n) is 11.0. The van der Waals surface area contributed by atoms with Gasteiger partial charge in [0, 0.05) is 56.1 Å². The predicted molar refractivity (Wildman–Crippen MR) is 122 cm³/mol. The van der Waals surface area contributed by atoms with Gasteiger partial charge in [-0.15, -0.1) is 0 Å². The van der Waals surface area contributed by atoms with Crippen LogP contribution in [-0.2, 0) is 16.0 Å². The third kappa shape index (κ3) is 4.48. The zero-order valence-electron chi connectivity index (χ0n) is 18.2. The van der Waals surface area contributed by atoms with E-state index in [4.69, 9.17) is 0 Å². The van der Waals surface area contributed by atoms with E-state index in [-0.39, 0.29) is 29.9 Å². The Morgan fingerprint density at radius 2 is 1.52 bits per heavy atom. The van der Waals surface area contributed by atoms with Crippen molar-refractivity contribution in [2.45, 2.75) is 26.7 Å². The van der Waals surface area contributed by atoms with Crippen LogP contribution in [0.25, 0.3) is 0 Å². The van der Waals surface area contributed by atoms with Gasteiger partial charge < -0.3 is 14.7 Å². The Bertz CT molecular complexity index is 961. The van der Waals surface area contributed by atoms with Crippen LogP contribution in [0.3, 0.4) is 0 Å². The van der Waals surface area contributed by atoms with Crippen molar-refractivity contribution in [2.75, 3.05) is 42.5 Å². The SMILES string of the molecule is CCc1ccc(N2CC(C(=O)N3CCN(c4ccc(C(C)=O)cc4)CC3)CC2=O)cc1. The summed E-state index contributed by atoms with van der Waals surface area (Å²) in [4.78, 5) is 43.0. The molecule has 6 heteroatoms. The zero-order chi connectivity index (χ0) is 22.0. The van der Waals surface area contributed by atoms with E-state index >= 15 is 0 Å². The zero-order valence-corrected chi connectivity index (χ0v) is 18.2. The summed E-state index contributed by atoms with van der Waals surface area (Å²) in [6.07, 6.45) is 1.24. The van der Waals surface area contributed by atoms with Crippen LogP contribution < -0.4 is 9.80 Å². The number of hydrogen-bond donors (Lipinski definition) is 0. The van der Waals surface area contributed by atoms with Crippen LogP contribution in [0.5, 0.6) is 0 Å². The maximum absolute atomic E-state index is 13.1. The highest BCUT2D eigenvalue weighted by Crippen LogP contribution is 2.27. The average Bonchev–Trinajstić information content (AvgIpc) is 3.20. The molecule has 2 amide bonds. The fraction of sp³-hybridized carbons (Fsp3) is 0.400. The lowest BCUT2D eigenvalue weighted by Crippen LogP contribution is -2.50. The largest absolute Gasteiger partial charge is 0.368 e. The van der Waals surface area contributed by atoms with Gasteiger partial charge in [-0.1, -0.05) is 19.1 Å². The number of nitrogens with zero attached hydrogens (tertiary/aromatic N) is 3. The summed E-state index contributed by atoms with van der Waals surface area (Å²) in [6, 6.07) is 15.7. The fourth-order valence-electron chi connectivity index (χ4n) is 4.38. The molecular formula is C25H29N3O3. The van der Waals surface area contributed by atoms with E-state index in [2.05, 4.69) is 11.8 Å². The standard InChI is InChI=1S/C25H29N3O3/c1-3-19-4-8-23(9-5-19)28-17-21(16-24(28)30)25(31)27-14-12-26(13-15-27)22-10-6-20(7-11-22)18(2)29/h4-11,21H,3,12-17H2,1-2H3. The number of ketones is 1. The van der Waals surface area contributed by atoms with Gasteiger partial charge in [0.05, 0.1) is 5.92 Å². The van der Waals surface area contributed by atoms with Crippen molar-refractivity contribution in [1.82, 2.24) is 4.90 Å². The minimum atomic E-state index is -0.278. The summed E-state index contributed by atoms with van der Waals surface area (Å²) in [5.74, 6) is -0.123. The summed E-state index contributed by atoms with van der Waals surface area (Å²) in [6.45, 7) is 6.89. The summed E-state index contributed by atoms with van der Waals surface area (Å²) in [7, 11) is 0. The van der Waals surface area contributed by atoms with Crippen LogP contribution in [-0.4, -0.2) is 55.2 Å². The molecule has 2 fully saturated rings. The molecule has 0 N–H and O–H groups in total. The number of aryl methyl sites for hydroxylation is 1. The third-order valence-electron chi connectivity index (χ3n) is 6.36. The maximum Gasteiger partial charge on any atom is 0.228 e. The van der Waals surface area contributed by atoms with Crippen LogP contribution in [0.15, 0.2) is 48.5 Å². The molecular weight excluding hydrogens is 390 g/mol. The Hall–Kier alpha value is -3.15. The van der Waals surface area contributed by atoms with Gasteiger partial charge in [-0.05, 0) is 55.3 Å². The molecule has 2 heterocycles. The second kappa shape index (κ2) is 8.92. The number of piperazine rings is 1. The molecule has 0 aliphatic carbocycles. The minimum absolute atomic E-state index is 0.0202. The lowest BCUT2D eigenvalue weighted by molar-refractivity contribution is -0.136. The average molecular weight is 420 g/mol. The third-order valence-corrected chi connectivity index (χ3v) is 6.36. The number of anilines is 2. The molecule has 0 saturated carbocycles. The number of rotatable bonds is 5. The Morgan fingerprint density at radius 3 is 2.10 bits per heavy atom. The Morgan fingerprint density at radius 1 is 0.903 bits per heavy atom. The normalized spacial score (nSPS) is 19.1. The molecule has 2 aromatic rings. The van der Waals surface area contributed by atoms with Crippen LogP contribution in [0.4, 0.5) is 11.4 Å². The number of hydrogen-bond acceptors (Lipinski definition) is 4. The lowest BCUT2D eigenvalue weighted by Gasteiger charge is -2.37. The van der Waals surface area contributed by atoms with E-state index < -0.39 is 0 Å². The highest BCUT2D eigenvalue weighted by atomic mass is 16.2. The van der Waals surface area contributed by atoms with Crippen LogP contribution in [0, 0.1) is 5.92 Å². The molecule has 162 valence electrons. The molecule has 6 nitrogen and oxygen atoms in total. The predicted octanol–water partition coefficient (Wildman–Crippen LogP) is 3.15. The minimum Gasteiger partial charge on any atom is -0.368 e. The first-order chi connectivity index (χ1) is 15.0. The van der Waals surface area contributed by atoms with Crippen LogP contribution in [0.2, 0.25) is 0 Å². The van der Waals surface area contributed by atoms with Crippen LogP contribution in [0.1, 0.15) is 36.2 Å². The van der Waals surface area contributed by atoms with Crippen molar-refractivity contribution < 1.29 is 14.4 Å².